The van der Waals surface area contributed by atoms with Crippen molar-refractivity contribution in [1.29, 1.82) is 0 Å². The highest BCUT2D eigenvalue weighted by atomic mass is 16.5. The van der Waals surface area contributed by atoms with Crippen molar-refractivity contribution in [3.63, 3.8) is 0 Å². The molecule has 3 rings (SSSR count). The first-order valence-electron chi connectivity index (χ1n) is 6.91. The summed E-state index contributed by atoms with van der Waals surface area (Å²) >= 11 is 0. The van der Waals surface area contributed by atoms with Gasteiger partial charge in [0.15, 0.2) is 5.82 Å². The Morgan fingerprint density at radius 2 is 1.76 bits per heavy atom. The Bertz CT molecular complexity index is 376. The lowest BCUT2D eigenvalue weighted by Crippen LogP contribution is -2.43. The molecular formula is C13H21N3O. The molecule has 0 bridgehead atoms. The fourth-order valence-corrected chi connectivity index (χ4v) is 2.91. The van der Waals surface area contributed by atoms with Gasteiger partial charge in [-0.3, -0.25) is 0 Å². The van der Waals surface area contributed by atoms with Crippen molar-refractivity contribution in [3.8, 4) is 0 Å². The summed E-state index contributed by atoms with van der Waals surface area (Å²) in [6.45, 7) is 0. The standard InChI is InChI=1S/C13H21N3O/c14-13(8-5-9-13)12-15-11(16-17-12)10-6-3-1-2-4-7-10/h10H,1-9,14H2. The summed E-state index contributed by atoms with van der Waals surface area (Å²) in [6.07, 6.45) is 10.8. The molecule has 2 aliphatic carbocycles. The van der Waals surface area contributed by atoms with E-state index in [1.807, 2.05) is 0 Å². The number of nitrogens with zero attached hydrogens (tertiary/aromatic N) is 2. The fraction of sp³-hybridized carbons (Fsp3) is 0.846. The van der Waals surface area contributed by atoms with E-state index in [0.29, 0.717) is 11.8 Å². The molecule has 2 fully saturated rings. The molecule has 0 atom stereocenters. The van der Waals surface area contributed by atoms with Gasteiger partial charge in [0.25, 0.3) is 0 Å². The Kier molecular flexibility index (Phi) is 2.90. The lowest BCUT2D eigenvalue weighted by atomic mass is 9.77. The molecular weight excluding hydrogens is 214 g/mol. The van der Waals surface area contributed by atoms with E-state index in [-0.39, 0.29) is 5.54 Å². The van der Waals surface area contributed by atoms with E-state index in [0.717, 1.165) is 18.7 Å². The quantitative estimate of drug-likeness (QED) is 0.800. The normalized spacial score (nSPS) is 25.2. The third-order valence-corrected chi connectivity index (χ3v) is 4.33. The van der Waals surface area contributed by atoms with Crippen LogP contribution in [0.3, 0.4) is 0 Å². The second kappa shape index (κ2) is 4.41. The highest BCUT2D eigenvalue weighted by molar-refractivity contribution is 5.08. The molecule has 1 aromatic rings. The maximum atomic E-state index is 6.20. The van der Waals surface area contributed by atoms with Gasteiger partial charge in [0, 0.05) is 5.92 Å². The third kappa shape index (κ3) is 2.10. The molecule has 17 heavy (non-hydrogen) atoms. The second-order valence-corrected chi connectivity index (χ2v) is 5.66. The van der Waals surface area contributed by atoms with Crippen molar-refractivity contribution in [2.45, 2.75) is 69.2 Å². The largest absolute Gasteiger partial charge is 0.337 e. The Morgan fingerprint density at radius 1 is 1.06 bits per heavy atom. The molecule has 2 saturated carbocycles. The van der Waals surface area contributed by atoms with Crippen LogP contribution in [0.2, 0.25) is 0 Å². The minimum Gasteiger partial charge on any atom is -0.337 e. The van der Waals surface area contributed by atoms with Gasteiger partial charge < -0.3 is 10.3 Å². The van der Waals surface area contributed by atoms with E-state index < -0.39 is 0 Å². The highest BCUT2D eigenvalue weighted by Crippen LogP contribution is 2.38. The molecule has 2 N–H and O–H groups in total. The van der Waals surface area contributed by atoms with Gasteiger partial charge in [-0.15, -0.1) is 0 Å². The maximum absolute atomic E-state index is 6.20. The van der Waals surface area contributed by atoms with Gasteiger partial charge in [0.2, 0.25) is 5.89 Å². The predicted octanol–water partition coefficient (Wildman–Crippen LogP) is 2.85. The van der Waals surface area contributed by atoms with Gasteiger partial charge in [-0.25, -0.2) is 0 Å². The Labute approximate surface area is 102 Å². The van der Waals surface area contributed by atoms with Crippen LogP contribution in [0.1, 0.15) is 75.4 Å². The van der Waals surface area contributed by atoms with E-state index >= 15 is 0 Å². The Balaban J connectivity index is 1.74. The van der Waals surface area contributed by atoms with E-state index in [1.54, 1.807) is 0 Å². The van der Waals surface area contributed by atoms with Gasteiger partial charge in [0.05, 0.1) is 5.54 Å². The van der Waals surface area contributed by atoms with E-state index in [1.165, 1.54) is 44.9 Å². The van der Waals surface area contributed by atoms with Gasteiger partial charge in [-0.2, -0.15) is 4.98 Å². The van der Waals surface area contributed by atoms with Crippen molar-refractivity contribution in [1.82, 2.24) is 10.1 Å². The molecule has 0 aromatic carbocycles. The van der Waals surface area contributed by atoms with Gasteiger partial charge in [0.1, 0.15) is 0 Å². The molecule has 1 heterocycles. The molecule has 4 nitrogen and oxygen atoms in total. The molecule has 0 radical (unpaired) electrons. The highest BCUT2D eigenvalue weighted by Gasteiger charge is 2.40. The van der Waals surface area contributed by atoms with Crippen LogP contribution in [0.25, 0.3) is 0 Å². The van der Waals surface area contributed by atoms with Crippen LogP contribution >= 0.6 is 0 Å². The summed E-state index contributed by atoms with van der Waals surface area (Å²) in [6, 6.07) is 0. The minimum absolute atomic E-state index is 0.310. The van der Waals surface area contributed by atoms with Crippen LogP contribution in [0.5, 0.6) is 0 Å². The molecule has 94 valence electrons. The first kappa shape index (κ1) is 11.2. The van der Waals surface area contributed by atoms with Crippen molar-refractivity contribution < 1.29 is 4.52 Å². The van der Waals surface area contributed by atoms with Crippen LogP contribution in [0, 0.1) is 0 Å². The first-order valence-corrected chi connectivity index (χ1v) is 6.91. The number of hydrogen-bond donors (Lipinski definition) is 1. The van der Waals surface area contributed by atoms with Crippen LogP contribution in [0.15, 0.2) is 4.52 Å². The van der Waals surface area contributed by atoms with Gasteiger partial charge in [-0.05, 0) is 32.1 Å². The predicted molar refractivity (Wildman–Crippen MR) is 64.5 cm³/mol. The van der Waals surface area contributed by atoms with Crippen LogP contribution < -0.4 is 5.73 Å². The number of hydrogen-bond acceptors (Lipinski definition) is 4. The lowest BCUT2D eigenvalue weighted by Gasteiger charge is -2.33. The second-order valence-electron chi connectivity index (χ2n) is 5.66. The molecule has 0 spiro atoms. The van der Waals surface area contributed by atoms with Gasteiger partial charge in [-0.1, -0.05) is 30.8 Å². The zero-order valence-corrected chi connectivity index (χ0v) is 10.3. The first-order chi connectivity index (χ1) is 8.28. The molecule has 0 saturated heterocycles. The smallest absolute Gasteiger partial charge is 0.246 e. The average molecular weight is 235 g/mol. The average Bonchev–Trinajstić information content (AvgIpc) is 2.62. The van der Waals surface area contributed by atoms with Crippen molar-refractivity contribution >= 4 is 0 Å². The Hall–Kier alpha value is -0.900. The van der Waals surface area contributed by atoms with Crippen molar-refractivity contribution in [3.05, 3.63) is 11.7 Å². The van der Waals surface area contributed by atoms with Crippen LogP contribution in [-0.2, 0) is 5.54 Å². The summed E-state index contributed by atoms with van der Waals surface area (Å²) in [5.41, 5.74) is 5.89. The molecule has 0 aliphatic heterocycles. The summed E-state index contributed by atoms with van der Waals surface area (Å²) < 4.78 is 5.38. The lowest BCUT2D eigenvalue weighted by molar-refractivity contribution is 0.181. The Morgan fingerprint density at radius 3 is 2.35 bits per heavy atom. The van der Waals surface area contributed by atoms with Crippen LogP contribution in [0.4, 0.5) is 0 Å². The van der Waals surface area contributed by atoms with E-state index in [9.17, 15) is 0 Å². The minimum atomic E-state index is -0.310. The molecule has 1 aromatic heterocycles. The molecule has 4 heteroatoms. The summed E-state index contributed by atoms with van der Waals surface area (Å²) in [5, 5.41) is 4.16. The molecule has 2 aliphatic rings. The van der Waals surface area contributed by atoms with Crippen LogP contribution in [-0.4, -0.2) is 10.1 Å². The topological polar surface area (TPSA) is 64.9 Å². The zero-order valence-electron chi connectivity index (χ0n) is 10.3. The SMILES string of the molecule is NC1(c2nc(C3CCCCCC3)no2)CCC1. The van der Waals surface area contributed by atoms with Gasteiger partial charge >= 0.3 is 0 Å². The molecule has 0 amide bonds. The summed E-state index contributed by atoms with van der Waals surface area (Å²) in [4.78, 5) is 4.57. The summed E-state index contributed by atoms with van der Waals surface area (Å²) in [5.74, 6) is 2.07. The third-order valence-electron chi connectivity index (χ3n) is 4.33. The maximum Gasteiger partial charge on any atom is 0.246 e. The number of aromatic nitrogens is 2. The van der Waals surface area contributed by atoms with E-state index in [4.69, 9.17) is 10.3 Å². The zero-order chi connectivity index (χ0) is 11.7. The van der Waals surface area contributed by atoms with Crippen molar-refractivity contribution in [2.75, 3.05) is 0 Å². The number of nitrogens with two attached hydrogens (primary N) is 1. The van der Waals surface area contributed by atoms with Crippen molar-refractivity contribution in [2.24, 2.45) is 5.73 Å². The molecule has 0 unspecified atom stereocenters. The fourth-order valence-electron chi connectivity index (χ4n) is 2.91. The monoisotopic (exact) mass is 235 g/mol. The summed E-state index contributed by atoms with van der Waals surface area (Å²) in [7, 11) is 0. The van der Waals surface area contributed by atoms with E-state index in [2.05, 4.69) is 10.1 Å². The number of rotatable bonds is 2.